The first-order valence-electron chi connectivity index (χ1n) is 15.3. The van der Waals surface area contributed by atoms with Crippen LogP contribution in [-0.2, 0) is 27.3 Å². The van der Waals surface area contributed by atoms with Gasteiger partial charge >= 0.3 is 10.1 Å². The molecule has 0 radical (unpaired) electrons. The Labute approximate surface area is 298 Å². The third kappa shape index (κ3) is 6.56. The van der Waals surface area contributed by atoms with E-state index >= 15 is 0 Å². The van der Waals surface area contributed by atoms with Crippen LogP contribution >= 0.6 is 22.6 Å². The van der Waals surface area contributed by atoms with Gasteiger partial charge in [0.2, 0.25) is 5.78 Å². The zero-order valence-corrected chi connectivity index (χ0v) is 29.5. The second-order valence-electron chi connectivity index (χ2n) is 13.0. The molecular formula is C33H36F2IN5O9. The number of hydrogen-bond donors (Lipinski definition) is 7. The average Bonchev–Trinajstić information content (AvgIpc) is 3.00. The number of nitrogens with one attached hydrogen (secondary N) is 2. The van der Waals surface area contributed by atoms with Crippen molar-refractivity contribution in [2.45, 2.75) is 29.1 Å². The average molecular weight is 812 g/mol. The molecule has 0 heterocycles. The SMILES string of the molecule is CN(C)CC1C(=O)C(C(N)=O)=C(O)[C@@]2(O)C(=O)C3=C(O)c4c(O)c(CNC(=O)Nc5ccc(OC(F)(F)I)cc5)cc(N(C)C)c4C[C@H]3C[C@@H]12. The van der Waals surface area contributed by atoms with Crippen molar-refractivity contribution < 1.29 is 53.1 Å². The Kier molecular flexibility index (Phi) is 9.81. The minimum absolute atomic E-state index is 0.0301. The number of aliphatic hydroxyl groups excluding tert-OH is 2. The van der Waals surface area contributed by atoms with E-state index in [0.29, 0.717) is 11.3 Å². The van der Waals surface area contributed by atoms with Gasteiger partial charge in [0.25, 0.3) is 5.91 Å². The van der Waals surface area contributed by atoms with E-state index in [-0.39, 0.29) is 54.1 Å². The number of primary amides is 1. The summed E-state index contributed by atoms with van der Waals surface area (Å²) >= 11 is 0.829. The summed E-state index contributed by atoms with van der Waals surface area (Å²) in [4.78, 5) is 56.0. The van der Waals surface area contributed by atoms with Crippen LogP contribution in [0.4, 0.5) is 25.0 Å². The molecule has 1 fully saturated rings. The summed E-state index contributed by atoms with van der Waals surface area (Å²) in [6.45, 7) is -0.234. The largest absolute Gasteiger partial charge is 0.508 e. The van der Waals surface area contributed by atoms with Crippen LogP contribution in [-0.4, -0.2) is 93.3 Å². The molecule has 2 aromatic rings. The number of nitrogens with two attached hydrogens (primary N) is 1. The molecule has 0 spiro atoms. The van der Waals surface area contributed by atoms with Crippen LogP contribution in [0.15, 0.2) is 47.2 Å². The molecule has 8 N–H and O–H groups in total. The number of hydrogen-bond acceptors (Lipinski definition) is 11. The summed E-state index contributed by atoms with van der Waals surface area (Å²) in [5.74, 6) is -8.63. The Morgan fingerprint density at radius 3 is 2.32 bits per heavy atom. The number of phenolic OH excluding ortho intramolecular Hbond substituents is 1. The van der Waals surface area contributed by atoms with Gasteiger partial charge in [-0.15, -0.1) is 0 Å². The van der Waals surface area contributed by atoms with Gasteiger partial charge in [0.05, 0.1) is 28.2 Å². The molecule has 50 heavy (non-hydrogen) atoms. The molecule has 268 valence electrons. The van der Waals surface area contributed by atoms with Crippen LogP contribution in [0.1, 0.15) is 23.1 Å². The number of carbonyl (C=O) groups excluding carboxylic acids is 4. The maximum atomic E-state index is 14.2. The monoisotopic (exact) mass is 811 g/mol. The number of ketones is 2. The Hall–Kier alpha value is -4.49. The number of anilines is 2. The van der Waals surface area contributed by atoms with E-state index < -0.39 is 73.8 Å². The number of alkyl halides is 3. The fraction of sp³-hybridized carbons (Fsp3) is 0.394. The van der Waals surface area contributed by atoms with Gasteiger partial charge in [0.1, 0.15) is 28.6 Å². The maximum Gasteiger partial charge on any atom is 0.451 e. The topological polar surface area (TPSA) is 215 Å². The minimum atomic E-state index is -3.41. The van der Waals surface area contributed by atoms with Crippen LogP contribution < -0.4 is 26.0 Å². The molecule has 0 aliphatic heterocycles. The van der Waals surface area contributed by atoms with Gasteiger partial charge in [0, 0.05) is 61.5 Å². The summed E-state index contributed by atoms with van der Waals surface area (Å²) in [6, 6.07) is 6.08. The van der Waals surface area contributed by atoms with Gasteiger partial charge < -0.3 is 51.3 Å². The summed E-state index contributed by atoms with van der Waals surface area (Å²) < 4.78 is 27.3. The number of ether oxygens (including phenoxy) is 1. The Bertz CT molecular complexity index is 1840. The molecule has 1 saturated carbocycles. The second-order valence-corrected chi connectivity index (χ2v) is 14.2. The quantitative estimate of drug-likeness (QED) is 0.111. The number of rotatable bonds is 9. The number of aromatic hydroxyl groups is 1. The minimum Gasteiger partial charge on any atom is -0.508 e. The van der Waals surface area contributed by atoms with Crippen molar-refractivity contribution in [1.82, 2.24) is 10.2 Å². The number of aliphatic hydroxyl groups is 3. The van der Waals surface area contributed by atoms with Crippen molar-refractivity contribution in [3.8, 4) is 11.5 Å². The Morgan fingerprint density at radius 2 is 1.76 bits per heavy atom. The zero-order chi connectivity index (χ0) is 37.0. The summed E-state index contributed by atoms with van der Waals surface area (Å²) in [5, 5.41) is 51.2. The van der Waals surface area contributed by atoms with Crippen molar-refractivity contribution >= 4 is 63.2 Å². The molecule has 2 aromatic carbocycles. The molecule has 3 aliphatic rings. The molecule has 0 saturated heterocycles. The van der Waals surface area contributed by atoms with Crippen molar-refractivity contribution in [2.75, 3.05) is 45.0 Å². The van der Waals surface area contributed by atoms with Crippen LogP contribution in [0.25, 0.3) is 5.76 Å². The first kappa shape index (κ1) is 36.8. The zero-order valence-electron chi connectivity index (χ0n) is 27.4. The Morgan fingerprint density at radius 1 is 1.12 bits per heavy atom. The molecule has 1 unspecified atom stereocenters. The van der Waals surface area contributed by atoms with Crippen LogP contribution in [0.3, 0.4) is 0 Å². The predicted molar refractivity (Wildman–Crippen MR) is 185 cm³/mol. The number of amides is 3. The number of phenols is 1. The highest BCUT2D eigenvalue weighted by atomic mass is 127. The van der Waals surface area contributed by atoms with Crippen molar-refractivity contribution in [3.05, 3.63) is 63.9 Å². The van der Waals surface area contributed by atoms with Gasteiger partial charge in [-0.2, -0.15) is 8.78 Å². The molecule has 0 aromatic heterocycles. The first-order valence-corrected chi connectivity index (χ1v) is 16.4. The lowest BCUT2D eigenvalue weighted by Crippen LogP contribution is -2.62. The molecule has 3 aliphatic carbocycles. The molecule has 17 heteroatoms. The van der Waals surface area contributed by atoms with E-state index in [2.05, 4.69) is 15.4 Å². The lowest BCUT2D eigenvalue weighted by atomic mass is 9.56. The van der Waals surface area contributed by atoms with Gasteiger partial charge in [-0.3, -0.25) is 14.4 Å². The van der Waals surface area contributed by atoms with Gasteiger partial charge in [-0.05, 0) is 68.8 Å². The molecule has 4 atom stereocenters. The summed E-state index contributed by atoms with van der Waals surface area (Å²) in [7, 11) is 6.78. The van der Waals surface area contributed by atoms with E-state index in [1.165, 1.54) is 24.3 Å². The van der Waals surface area contributed by atoms with E-state index in [0.717, 1.165) is 22.6 Å². The highest BCUT2D eigenvalue weighted by Crippen LogP contribution is 2.54. The fourth-order valence-corrected chi connectivity index (χ4v) is 7.37. The third-order valence-corrected chi connectivity index (χ3v) is 9.44. The van der Waals surface area contributed by atoms with Gasteiger partial charge in [-0.25, -0.2) is 4.79 Å². The third-order valence-electron chi connectivity index (χ3n) is 9.22. The van der Waals surface area contributed by atoms with Crippen molar-refractivity contribution in [1.29, 1.82) is 0 Å². The van der Waals surface area contributed by atoms with Crippen molar-refractivity contribution in [3.63, 3.8) is 0 Å². The summed E-state index contributed by atoms with van der Waals surface area (Å²) in [5.41, 5.74) is 2.78. The lowest BCUT2D eigenvalue weighted by molar-refractivity contribution is -0.153. The molecule has 5 rings (SSSR count). The number of Topliss-reactive ketones (excluding diaryl/α,β-unsaturated/α-hetero) is 2. The number of benzene rings is 2. The normalized spacial score (nSPS) is 23.3. The maximum absolute atomic E-state index is 14.2. The Balaban J connectivity index is 1.49. The predicted octanol–water partition coefficient (Wildman–Crippen LogP) is 2.96. The fourth-order valence-electron chi connectivity index (χ4n) is 7.12. The van der Waals surface area contributed by atoms with Gasteiger partial charge in [-0.1, -0.05) is 0 Å². The van der Waals surface area contributed by atoms with E-state index in [1.807, 2.05) is 0 Å². The van der Waals surface area contributed by atoms with Crippen LogP contribution in [0.5, 0.6) is 11.5 Å². The highest BCUT2D eigenvalue weighted by molar-refractivity contribution is 14.1. The van der Waals surface area contributed by atoms with Crippen LogP contribution in [0, 0.1) is 17.8 Å². The van der Waals surface area contributed by atoms with Gasteiger partial charge in [0.15, 0.2) is 11.4 Å². The number of carbonyl (C=O) groups is 4. The molecule has 0 bridgehead atoms. The second kappa shape index (κ2) is 13.3. The summed E-state index contributed by atoms with van der Waals surface area (Å²) in [6.07, 6.45) is 0.0632. The molecular weight excluding hydrogens is 775 g/mol. The van der Waals surface area contributed by atoms with E-state index in [4.69, 9.17) is 5.73 Å². The van der Waals surface area contributed by atoms with Crippen LogP contribution in [0.2, 0.25) is 0 Å². The van der Waals surface area contributed by atoms with Crippen molar-refractivity contribution in [2.24, 2.45) is 23.5 Å². The number of urea groups is 1. The first-order chi connectivity index (χ1) is 23.3. The number of nitrogens with zero attached hydrogens (tertiary/aromatic N) is 2. The highest BCUT2D eigenvalue weighted by Gasteiger charge is 2.63. The molecule has 14 nitrogen and oxygen atoms in total. The smallest absolute Gasteiger partial charge is 0.451 e. The van der Waals surface area contributed by atoms with E-state index in [9.17, 15) is 48.4 Å². The lowest BCUT2D eigenvalue weighted by Gasteiger charge is -2.49. The molecule has 3 amide bonds. The number of halogens is 3. The van der Waals surface area contributed by atoms with E-state index in [1.54, 1.807) is 44.1 Å². The standard InChI is InChI=1S/C33H36F2IN5O9/c1-40(2)13-19-20-10-14-9-18-21(41(3)4)11-15(12-38-31(48)39-16-5-7-17(8-6-16)50-33(34,35)36)25(42)23(18)27(44)22(14)28(45)32(20,49)29(46)24(26(19)43)30(37)47/h5-8,11,14,19-20,42,44,46,49H,9-10,12-13H2,1-4H3,(H2,37,47)(H2,38,39,48)/t14-,19?,20-,32-/m0/s1. The number of fused-ring (bicyclic) bond motifs is 3.